The van der Waals surface area contributed by atoms with Crippen LogP contribution in [0.4, 0.5) is 43.9 Å². The summed E-state index contributed by atoms with van der Waals surface area (Å²) >= 11 is 2.88. The molecule has 0 saturated heterocycles. The number of benzene rings is 4. The summed E-state index contributed by atoms with van der Waals surface area (Å²) in [4.78, 5) is 23.9. The molecule has 87 heavy (non-hydrogen) atoms. The van der Waals surface area contributed by atoms with E-state index >= 15 is 0 Å². The molecule has 0 saturated carbocycles. The van der Waals surface area contributed by atoms with E-state index in [1.165, 1.54) is 37.7 Å². The summed E-state index contributed by atoms with van der Waals surface area (Å²) in [5, 5.41) is 9.98. The Morgan fingerprint density at radius 2 is 0.874 bits per heavy atom. The quantitative estimate of drug-likeness (QED) is 0.0206. The summed E-state index contributed by atoms with van der Waals surface area (Å²) in [6.45, 7) is 5.48. The number of carbonyl (C=O) groups excluding carboxylic acids is 2. The maximum atomic E-state index is 13.0. The molecule has 0 bridgehead atoms. The van der Waals surface area contributed by atoms with Crippen molar-refractivity contribution in [3.05, 3.63) is 118 Å². The summed E-state index contributed by atoms with van der Waals surface area (Å²) in [5.41, 5.74) is 4.73. The Morgan fingerprint density at radius 3 is 1.26 bits per heavy atom. The Morgan fingerprint density at radius 1 is 0.506 bits per heavy atom. The van der Waals surface area contributed by atoms with Crippen LogP contribution >= 0.6 is 23.5 Å². The molecule has 486 valence electrons. The van der Waals surface area contributed by atoms with Crippen molar-refractivity contribution in [2.75, 3.05) is 64.3 Å². The number of hydrogen-bond acceptors (Lipinski definition) is 11. The van der Waals surface area contributed by atoms with Gasteiger partial charge in [0.25, 0.3) is 0 Å². The fourth-order valence-electron chi connectivity index (χ4n) is 11.3. The van der Waals surface area contributed by atoms with Crippen molar-refractivity contribution in [2.24, 2.45) is 0 Å². The van der Waals surface area contributed by atoms with Crippen LogP contribution in [0.25, 0.3) is 0 Å². The lowest BCUT2D eigenvalue weighted by Gasteiger charge is -2.43. The molecule has 0 fully saturated rings. The van der Waals surface area contributed by atoms with Crippen LogP contribution in [0.3, 0.4) is 0 Å². The molecule has 0 aromatic heterocycles. The van der Waals surface area contributed by atoms with E-state index in [1.807, 2.05) is 42.5 Å². The topological polar surface area (TPSA) is 110 Å². The number of phenols is 1. The molecule has 2 heterocycles. The maximum absolute atomic E-state index is 13.0. The predicted molar refractivity (Wildman–Crippen MR) is 323 cm³/mol. The highest BCUT2D eigenvalue weighted by Gasteiger charge is 2.57. The van der Waals surface area contributed by atoms with Gasteiger partial charge in [-0.25, -0.2) is 9.59 Å². The molecular weight excluding hydrogens is 1190 g/mol. The second-order valence-electron chi connectivity index (χ2n) is 23.0. The third-order valence-corrected chi connectivity index (χ3v) is 18.9. The first kappa shape index (κ1) is 72.7. The van der Waals surface area contributed by atoms with Gasteiger partial charge < -0.3 is 33.5 Å². The lowest BCUT2D eigenvalue weighted by Crippen LogP contribution is -2.40. The van der Waals surface area contributed by atoms with Gasteiger partial charge in [0, 0.05) is 54.7 Å². The van der Waals surface area contributed by atoms with E-state index in [9.17, 15) is 58.6 Å². The van der Waals surface area contributed by atoms with Gasteiger partial charge in [0.2, 0.25) is 0 Å². The molecule has 0 spiro atoms. The number of rotatable bonds is 35. The molecule has 6 rings (SSSR count). The fourth-order valence-corrected chi connectivity index (χ4v) is 13.2. The minimum atomic E-state index is -5.46. The van der Waals surface area contributed by atoms with Crippen molar-refractivity contribution < 1.29 is 87.0 Å². The number of thioether (sulfide) groups is 2. The number of aromatic hydroxyl groups is 1. The minimum absolute atomic E-state index is 0.143. The number of phenolic OH excluding ortho intramolecular Hbond substituents is 1. The number of fused-ring (bicyclic) bond motifs is 2. The molecule has 4 atom stereocenters. The first-order valence-corrected chi connectivity index (χ1v) is 32.4. The normalized spacial score (nSPS) is 18.5. The van der Waals surface area contributed by atoms with Crippen LogP contribution in [0.15, 0.2) is 84.9 Å². The molecule has 0 aliphatic carbocycles. The van der Waals surface area contributed by atoms with Crippen molar-refractivity contribution in [3.8, 4) is 23.0 Å². The Kier molecular flexibility index (Phi) is 29.1. The van der Waals surface area contributed by atoms with E-state index in [2.05, 4.69) is 19.9 Å². The molecule has 2 aliphatic heterocycles. The van der Waals surface area contributed by atoms with Crippen LogP contribution in [0, 0.1) is 0 Å². The maximum Gasteiger partial charge on any atom is 0.453 e. The van der Waals surface area contributed by atoms with Crippen molar-refractivity contribution in [2.45, 2.75) is 189 Å². The lowest BCUT2D eigenvalue weighted by atomic mass is 9.66. The number of halogens is 10. The zero-order chi connectivity index (χ0) is 63.7. The Labute approximate surface area is 515 Å². The van der Waals surface area contributed by atoms with E-state index in [0.29, 0.717) is 47.3 Å². The number of alkyl halides is 10. The lowest BCUT2D eigenvalue weighted by molar-refractivity contribution is -0.284. The highest BCUT2D eigenvalue weighted by molar-refractivity contribution is 7.99. The summed E-state index contributed by atoms with van der Waals surface area (Å²) in [6.07, 6.45) is 3.05. The van der Waals surface area contributed by atoms with Gasteiger partial charge in [0.15, 0.2) is 6.79 Å². The zero-order valence-corrected chi connectivity index (χ0v) is 52.3. The second kappa shape index (κ2) is 34.8. The fraction of sp³-hybridized carbons (Fsp3) is 0.606. The van der Waals surface area contributed by atoms with E-state index < -0.39 is 37.0 Å². The molecule has 0 amide bonds. The highest BCUT2D eigenvalue weighted by atomic mass is 32.2. The molecule has 21 heteroatoms. The number of methoxy groups -OCH3 is 3. The third kappa shape index (κ3) is 21.6. The number of carbonyl (C=O) groups is 2. The summed E-state index contributed by atoms with van der Waals surface area (Å²) in [6, 6.07) is 26.3. The molecule has 4 aromatic rings. The van der Waals surface area contributed by atoms with Crippen LogP contribution in [-0.4, -0.2) is 106 Å². The Bertz CT molecular complexity index is 2690. The zero-order valence-electron chi connectivity index (χ0n) is 50.6. The Hall–Kier alpha value is -5.02. The summed E-state index contributed by atoms with van der Waals surface area (Å²) in [5.74, 6) is -5.05. The number of unbranched alkanes of at least 4 members (excludes halogenated alkanes) is 12. The SMILES string of the molecule is COC(=O)c1ccc([C@@]2(C)COc3cc(O)ccc3[C@H]2CCCCCCCCCSCCCC(F)(F)C(F)(F)F)cc1.COCOc1ccc2c(c1)OC[C@](C)(c1ccc(C(=O)OC)cc1)[C@@H]2CCCCCCCCCSCCCC(F)(F)C(F)(F)F. The van der Waals surface area contributed by atoms with Crippen LogP contribution in [0.1, 0.15) is 197 Å². The monoisotopic (exact) mass is 1280 g/mol. The van der Waals surface area contributed by atoms with Crippen LogP contribution < -0.4 is 14.2 Å². The summed E-state index contributed by atoms with van der Waals surface area (Å²) < 4.78 is 158. The molecule has 1 N–H and O–H groups in total. The van der Waals surface area contributed by atoms with E-state index in [1.54, 1.807) is 43.5 Å². The van der Waals surface area contributed by atoms with E-state index in [-0.39, 0.29) is 60.0 Å². The third-order valence-electron chi connectivity index (χ3n) is 16.6. The van der Waals surface area contributed by atoms with Gasteiger partial charge in [-0.3, -0.25) is 0 Å². The van der Waals surface area contributed by atoms with Crippen molar-refractivity contribution >= 4 is 35.5 Å². The number of ether oxygens (including phenoxy) is 6. The van der Waals surface area contributed by atoms with Gasteiger partial charge in [-0.05, 0) is 120 Å². The van der Waals surface area contributed by atoms with Gasteiger partial charge in [0.1, 0.15) is 23.0 Å². The van der Waals surface area contributed by atoms with Gasteiger partial charge in [-0.15, -0.1) is 0 Å². The predicted octanol–water partition coefficient (Wildman–Crippen LogP) is 19.2. The molecule has 0 unspecified atom stereocenters. The first-order chi connectivity index (χ1) is 41.3. The highest BCUT2D eigenvalue weighted by Crippen LogP contribution is 2.52. The van der Waals surface area contributed by atoms with Crippen molar-refractivity contribution in [1.29, 1.82) is 0 Å². The molecule has 2 aliphatic rings. The Balaban J connectivity index is 0.000000318. The van der Waals surface area contributed by atoms with Gasteiger partial charge in [-0.2, -0.15) is 67.4 Å². The van der Waals surface area contributed by atoms with E-state index in [0.717, 1.165) is 142 Å². The largest absolute Gasteiger partial charge is 0.508 e. The van der Waals surface area contributed by atoms with Gasteiger partial charge in [-0.1, -0.05) is 127 Å². The van der Waals surface area contributed by atoms with Gasteiger partial charge in [0.05, 0.1) is 38.6 Å². The smallest absolute Gasteiger partial charge is 0.453 e. The van der Waals surface area contributed by atoms with E-state index in [4.69, 9.17) is 28.4 Å². The van der Waals surface area contributed by atoms with Crippen LogP contribution in [-0.2, 0) is 25.0 Å². The van der Waals surface area contributed by atoms with Gasteiger partial charge >= 0.3 is 36.1 Å². The molecule has 4 aromatic carbocycles. The summed E-state index contributed by atoms with van der Waals surface area (Å²) in [7, 11) is 4.30. The second-order valence-corrected chi connectivity index (χ2v) is 25.4. The van der Waals surface area contributed by atoms with Crippen molar-refractivity contribution in [3.63, 3.8) is 0 Å². The molecular formula is C66H86F10O9S2. The average molecular weight is 1280 g/mol. The molecule has 0 radical (unpaired) electrons. The standard InChI is InChI=1S/C34H45F5O5S.C32H41F5O4S/c1-32(26-15-13-25(14-16-26)31(40)42-3)23-43-30-22-27(44-24-41-2)17-18-28(30)29(32)12-9-7-5-4-6-8-10-20-45-21-11-19-33(35,36)34(37,38)39;1-30(24-14-12-23(13-15-24)29(39)40-2)22-41-28-21-25(38)16-17-26(28)27(30)11-8-6-4-3-5-7-9-19-42-20-10-18-31(33,34)32(35,36)37/h13-18,22,29H,4-12,19-21,23-24H2,1-3H3;12-17,21,27,38H,3-11,18-20,22H2,1-2H3/t29-,32-;27-,30-/m11/s1. The van der Waals surface area contributed by atoms with Crippen LogP contribution in [0.2, 0.25) is 0 Å². The van der Waals surface area contributed by atoms with Crippen LogP contribution in [0.5, 0.6) is 23.0 Å². The average Bonchev–Trinajstić information content (AvgIpc) is 1.03. The number of esters is 2. The minimum Gasteiger partial charge on any atom is -0.508 e. The molecule has 9 nitrogen and oxygen atoms in total. The first-order valence-electron chi connectivity index (χ1n) is 30.1. The van der Waals surface area contributed by atoms with Crippen molar-refractivity contribution in [1.82, 2.24) is 0 Å². The number of hydrogen-bond donors (Lipinski definition) is 1.